The van der Waals surface area contributed by atoms with E-state index in [1.807, 2.05) is 78.9 Å². The summed E-state index contributed by atoms with van der Waals surface area (Å²) < 4.78 is 0. The van der Waals surface area contributed by atoms with Crippen LogP contribution >= 0.6 is 0 Å². The first-order valence-corrected chi connectivity index (χ1v) is 11.9. The Morgan fingerprint density at radius 1 is 0.838 bits per heavy atom. The third-order valence-electron chi connectivity index (χ3n) is 6.11. The fourth-order valence-electron chi connectivity index (χ4n) is 4.13. The van der Waals surface area contributed by atoms with Gasteiger partial charge in [0, 0.05) is 5.56 Å². The van der Waals surface area contributed by atoms with E-state index in [2.05, 4.69) is 11.4 Å². The summed E-state index contributed by atoms with van der Waals surface area (Å²) in [6.45, 7) is 0. The highest BCUT2D eigenvalue weighted by atomic mass is 16.4. The number of hydrogen-bond donors (Lipinski definition) is 2. The van der Waals surface area contributed by atoms with E-state index >= 15 is 0 Å². The molecule has 2 N–H and O–H groups in total. The Kier molecular flexibility index (Phi) is 8.26. The van der Waals surface area contributed by atoms with Crippen molar-refractivity contribution in [2.24, 2.45) is 5.92 Å². The van der Waals surface area contributed by atoms with Crippen LogP contribution in [0.2, 0.25) is 0 Å². The highest BCUT2D eigenvalue weighted by Crippen LogP contribution is 2.21. The van der Waals surface area contributed by atoms with E-state index in [1.54, 1.807) is 42.5 Å². The predicted octanol–water partition coefficient (Wildman–Crippen LogP) is 5.98. The van der Waals surface area contributed by atoms with Gasteiger partial charge < -0.3 is 10.4 Å². The fraction of sp³-hybridized carbons (Fsp3) is 0.0938. The predicted molar refractivity (Wildman–Crippen MR) is 145 cm³/mol. The molecule has 4 aromatic carbocycles. The topological polar surface area (TPSA) is 90.2 Å². The second-order valence-electron chi connectivity index (χ2n) is 8.67. The lowest BCUT2D eigenvalue weighted by Gasteiger charge is -2.23. The van der Waals surface area contributed by atoms with Crippen LogP contribution in [0.5, 0.6) is 0 Å². The lowest BCUT2D eigenvalue weighted by atomic mass is 9.90. The van der Waals surface area contributed by atoms with E-state index in [0.717, 1.165) is 16.7 Å². The molecule has 0 bridgehead atoms. The molecule has 5 heteroatoms. The molecule has 2 atom stereocenters. The second kappa shape index (κ2) is 12.1. The summed E-state index contributed by atoms with van der Waals surface area (Å²) >= 11 is 0. The average Bonchev–Trinajstić information content (AvgIpc) is 2.95. The van der Waals surface area contributed by atoms with Crippen LogP contribution in [0.1, 0.15) is 27.0 Å². The maximum absolute atomic E-state index is 13.2. The van der Waals surface area contributed by atoms with Gasteiger partial charge in [0.15, 0.2) is 0 Å². The zero-order valence-corrected chi connectivity index (χ0v) is 20.1. The van der Waals surface area contributed by atoms with Crippen LogP contribution in [0.4, 0.5) is 0 Å². The van der Waals surface area contributed by atoms with E-state index in [-0.39, 0.29) is 12.3 Å². The molecule has 4 aromatic rings. The number of carbonyl (C=O) groups is 2. The van der Waals surface area contributed by atoms with Crippen LogP contribution in [0, 0.1) is 17.2 Å². The van der Waals surface area contributed by atoms with Crippen LogP contribution in [0.25, 0.3) is 17.2 Å². The van der Waals surface area contributed by atoms with Crippen molar-refractivity contribution in [1.82, 2.24) is 5.32 Å². The Morgan fingerprint density at radius 3 is 2.14 bits per heavy atom. The zero-order chi connectivity index (χ0) is 26.0. The summed E-state index contributed by atoms with van der Waals surface area (Å²) in [5.41, 5.74) is 4.53. The molecular formula is C32H26N2O3. The Morgan fingerprint density at radius 2 is 1.49 bits per heavy atom. The van der Waals surface area contributed by atoms with Crippen molar-refractivity contribution in [1.29, 1.82) is 5.26 Å². The molecule has 0 saturated carbocycles. The standard InChI is InChI=1S/C32H26N2O3/c33-22-25-11-7-10-24(20-25)21-29(32(36)37)30(19-14-23-8-3-1-4-9-23)34-31(35)28-17-15-27(16-18-28)26-12-5-2-6-13-26/h1-20,29-30H,21H2,(H,34,35)(H,36,37)/b19-14+/t29-,30-/m1/s1. The number of aliphatic carboxylic acids is 1. The Balaban J connectivity index is 1.60. The number of nitrogens with zero attached hydrogens (tertiary/aromatic N) is 1. The minimum Gasteiger partial charge on any atom is -0.481 e. The molecule has 0 aliphatic rings. The molecule has 0 aliphatic carbocycles. The fourth-order valence-corrected chi connectivity index (χ4v) is 4.13. The first kappa shape index (κ1) is 25.2. The summed E-state index contributed by atoms with van der Waals surface area (Å²) in [6, 6.07) is 34.8. The molecule has 0 fully saturated rings. The Labute approximate surface area is 216 Å². The highest BCUT2D eigenvalue weighted by molar-refractivity contribution is 5.95. The SMILES string of the molecule is N#Cc1cccc(C[C@@H](C(=O)O)[C@@H](/C=C/c2ccccc2)NC(=O)c2ccc(-c3ccccc3)cc2)c1. The van der Waals surface area contributed by atoms with Crippen molar-refractivity contribution in [2.45, 2.75) is 12.5 Å². The lowest BCUT2D eigenvalue weighted by molar-refractivity contribution is -0.142. The normalized spacial score (nSPS) is 12.4. The number of nitrogens with one attached hydrogen (secondary N) is 1. The van der Waals surface area contributed by atoms with Crippen molar-refractivity contribution in [3.05, 3.63) is 138 Å². The van der Waals surface area contributed by atoms with E-state index in [1.165, 1.54) is 0 Å². The Hall–Kier alpha value is -4.95. The molecule has 0 spiro atoms. The molecule has 182 valence electrons. The highest BCUT2D eigenvalue weighted by Gasteiger charge is 2.28. The van der Waals surface area contributed by atoms with Crippen LogP contribution < -0.4 is 5.32 Å². The van der Waals surface area contributed by atoms with Crippen LogP contribution in [0.3, 0.4) is 0 Å². The maximum atomic E-state index is 13.2. The van der Waals surface area contributed by atoms with E-state index in [9.17, 15) is 20.0 Å². The molecule has 5 nitrogen and oxygen atoms in total. The van der Waals surface area contributed by atoms with Crippen molar-refractivity contribution < 1.29 is 14.7 Å². The smallest absolute Gasteiger partial charge is 0.309 e. The minimum atomic E-state index is -1.04. The van der Waals surface area contributed by atoms with Crippen molar-refractivity contribution >= 4 is 18.0 Å². The van der Waals surface area contributed by atoms with Gasteiger partial charge in [-0.15, -0.1) is 0 Å². The lowest BCUT2D eigenvalue weighted by Crippen LogP contribution is -2.43. The largest absolute Gasteiger partial charge is 0.481 e. The molecule has 37 heavy (non-hydrogen) atoms. The monoisotopic (exact) mass is 486 g/mol. The molecule has 4 rings (SSSR count). The molecular weight excluding hydrogens is 460 g/mol. The van der Waals surface area contributed by atoms with Gasteiger partial charge >= 0.3 is 5.97 Å². The first-order chi connectivity index (χ1) is 18.0. The van der Waals surface area contributed by atoms with Crippen molar-refractivity contribution in [3.63, 3.8) is 0 Å². The average molecular weight is 487 g/mol. The molecule has 0 heterocycles. The molecule has 0 aliphatic heterocycles. The summed E-state index contributed by atoms with van der Waals surface area (Å²) in [7, 11) is 0. The van der Waals surface area contributed by atoms with Gasteiger partial charge in [0.2, 0.25) is 0 Å². The van der Waals surface area contributed by atoms with Gasteiger partial charge in [-0.2, -0.15) is 5.26 Å². The number of hydrogen-bond acceptors (Lipinski definition) is 3. The third-order valence-corrected chi connectivity index (χ3v) is 6.11. The summed E-state index contributed by atoms with van der Waals surface area (Å²) in [5.74, 6) is -2.34. The van der Waals surface area contributed by atoms with Gasteiger partial charge in [0.05, 0.1) is 23.6 Å². The summed E-state index contributed by atoms with van der Waals surface area (Å²) in [6.07, 6.45) is 3.69. The maximum Gasteiger partial charge on any atom is 0.309 e. The molecule has 1 amide bonds. The molecule has 0 saturated heterocycles. The number of benzene rings is 4. The van der Waals surface area contributed by atoms with Crippen LogP contribution in [0.15, 0.2) is 115 Å². The molecule has 0 aromatic heterocycles. The minimum absolute atomic E-state index is 0.155. The van der Waals surface area contributed by atoms with Gasteiger partial charge in [0.1, 0.15) is 0 Å². The first-order valence-electron chi connectivity index (χ1n) is 11.9. The van der Waals surface area contributed by atoms with Crippen molar-refractivity contribution in [3.8, 4) is 17.2 Å². The van der Waals surface area contributed by atoms with Crippen LogP contribution in [-0.4, -0.2) is 23.0 Å². The quantitative estimate of drug-likeness (QED) is 0.304. The summed E-state index contributed by atoms with van der Waals surface area (Å²) in [4.78, 5) is 25.6. The summed E-state index contributed by atoms with van der Waals surface area (Å²) in [5, 5.41) is 22.3. The van der Waals surface area contributed by atoms with Crippen LogP contribution in [-0.2, 0) is 11.2 Å². The second-order valence-corrected chi connectivity index (χ2v) is 8.67. The van der Waals surface area contributed by atoms with Gasteiger partial charge in [-0.25, -0.2) is 0 Å². The van der Waals surface area contributed by atoms with Gasteiger partial charge in [-0.05, 0) is 52.9 Å². The Bertz CT molecular complexity index is 1420. The van der Waals surface area contributed by atoms with E-state index in [4.69, 9.17) is 0 Å². The molecule has 0 radical (unpaired) electrons. The van der Waals surface area contributed by atoms with Gasteiger partial charge in [0.25, 0.3) is 5.91 Å². The number of carboxylic acids is 1. The van der Waals surface area contributed by atoms with Gasteiger partial charge in [-0.3, -0.25) is 9.59 Å². The number of amides is 1. The van der Waals surface area contributed by atoms with E-state index < -0.39 is 17.9 Å². The molecule has 0 unspecified atom stereocenters. The van der Waals surface area contributed by atoms with Crippen molar-refractivity contribution in [2.75, 3.05) is 0 Å². The number of nitriles is 1. The number of carbonyl (C=O) groups excluding carboxylic acids is 1. The third kappa shape index (κ3) is 6.81. The number of carboxylic acid groups (broad SMARTS) is 1. The zero-order valence-electron chi connectivity index (χ0n) is 20.1. The van der Waals surface area contributed by atoms with Gasteiger partial charge in [-0.1, -0.05) is 97.1 Å². The number of rotatable bonds is 9. The van der Waals surface area contributed by atoms with E-state index in [0.29, 0.717) is 16.7 Å².